The minimum Gasteiger partial charge on any atom is -0.477 e. The highest BCUT2D eigenvalue weighted by atomic mass is 16.6. The molecule has 0 aliphatic rings. The van der Waals surface area contributed by atoms with Crippen LogP contribution < -0.4 is 10.2 Å². The van der Waals surface area contributed by atoms with Gasteiger partial charge in [-0.25, -0.2) is 5.43 Å². The summed E-state index contributed by atoms with van der Waals surface area (Å²) in [6.45, 7) is 10.9. The lowest BCUT2D eigenvalue weighted by molar-refractivity contribution is -0.385. The van der Waals surface area contributed by atoms with Gasteiger partial charge in [0, 0.05) is 35.3 Å². The summed E-state index contributed by atoms with van der Waals surface area (Å²) in [6.07, 6.45) is 4.44. The van der Waals surface area contributed by atoms with E-state index in [-0.39, 0.29) is 22.3 Å². The van der Waals surface area contributed by atoms with Crippen molar-refractivity contribution >= 4 is 28.7 Å². The van der Waals surface area contributed by atoms with Crippen LogP contribution in [0.25, 0.3) is 10.9 Å². The third-order valence-corrected chi connectivity index (χ3v) is 6.68. The molecule has 0 bridgehead atoms. The van der Waals surface area contributed by atoms with E-state index in [1.807, 2.05) is 54.7 Å². The molecule has 8 nitrogen and oxygen atoms in total. The summed E-state index contributed by atoms with van der Waals surface area (Å²) in [5.41, 5.74) is 6.03. The predicted octanol–water partition coefficient (Wildman–Crippen LogP) is 6.84. The fraction of sp³-hybridized carbons (Fsp3) is 0.312. The standard InChI is InChI=1S/C32H36N4O4/c1-31(2,3)22-32(4,5)25-15-16-29(28(17-25)36(38)39)40-21-30(37)34-33-18-24-20-35(19-23-11-7-6-8-12-23)27-14-10-9-13-26(24)27/h6-18,20H,19,21-22H2,1-5H3,(H,34,37). The van der Waals surface area contributed by atoms with Crippen LogP contribution in [0.4, 0.5) is 5.69 Å². The Morgan fingerprint density at radius 1 is 1.02 bits per heavy atom. The molecule has 208 valence electrons. The molecular formula is C32H36N4O4. The second kappa shape index (κ2) is 11.7. The van der Waals surface area contributed by atoms with Crippen molar-refractivity contribution in [3.8, 4) is 5.75 Å². The summed E-state index contributed by atoms with van der Waals surface area (Å²) < 4.78 is 7.68. The zero-order chi connectivity index (χ0) is 28.9. The van der Waals surface area contributed by atoms with Gasteiger partial charge in [-0.1, -0.05) is 89.2 Å². The first-order chi connectivity index (χ1) is 18.9. The molecule has 0 aliphatic heterocycles. The largest absolute Gasteiger partial charge is 0.477 e. The molecule has 0 saturated carbocycles. The molecule has 4 aromatic rings. The monoisotopic (exact) mass is 540 g/mol. The van der Waals surface area contributed by atoms with Crippen LogP contribution in [0.3, 0.4) is 0 Å². The first kappa shape index (κ1) is 28.5. The first-order valence-corrected chi connectivity index (χ1v) is 13.3. The molecule has 4 rings (SSSR count). The topological polar surface area (TPSA) is 98.8 Å². The predicted molar refractivity (Wildman–Crippen MR) is 159 cm³/mol. The summed E-state index contributed by atoms with van der Waals surface area (Å²) in [5, 5.41) is 16.9. The maximum Gasteiger partial charge on any atom is 0.311 e. The molecule has 0 fully saturated rings. The average Bonchev–Trinajstić information content (AvgIpc) is 3.23. The number of hydrazone groups is 1. The Kier molecular flexibility index (Phi) is 8.38. The first-order valence-electron chi connectivity index (χ1n) is 13.3. The molecule has 40 heavy (non-hydrogen) atoms. The lowest BCUT2D eigenvalue weighted by Crippen LogP contribution is -2.26. The molecule has 1 aromatic heterocycles. The highest BCUT2D eigenvalue weighted by molar-refractivity contribution is 5.99. The molecular weight excluding hydrogens is 504 g/mol. The molecule has 1 amide bonds. The molecule has 8 heteroatoms. The number of benzene rings is 3. The molecule has 1 heterocycles. The van der Waals surface area contributed by atoms with Crippen molar-refractivity contribution in [2.75, 3.05) is 6.61 Å². The number of nitro benzene ring substituents is 1. The van der Waals surface area contributed by atoms with Gasteiger partial charge in [-0.2, -0.15) is 5.10 Å². The fourth-order valence-electron chi connectivity index (χ4n) is 5.27. The summed E-state index contributed by atoms with van der Waals surface area (Å²) in [5.74, 6) is -0.473. The third kappa shape index (κ3) is 7.14. The third-order valence-electron chi connectivity index (χ3n) is 6.68. The van der Waals surface area contributed by atoms with Crippen molar-refractivity contribution in [2.45, 2.75) is 53.0 Å². The highest BCUT2D eigenvalue weighted by Crippen LogP contribution is 2.39. The number of hydrogen-bond acceptors (Lipinski definition) is 5. The number of aromatic nitrogens is 1. The van der Waals surface area contributed by atoms with Gasteiger partial charge in [0.15, 0.2) is 12.4 Å². The van der Waals surface area contributed by atoms with Crippen molar-refractivity contribution in [2.24, 2.45) is 10.5 Å². The number of carbonyl (C=O) groups excluding carboxylic acids is 1. The summed E-state index contributed by atoms with van der Waals surface area (Å²) >= 11 is 0. The van der Waals surface area contributed by atoms with E-state index in [1.54, 1.807) is 18.3 Å². The van der Waals surface area contributed by atoms with Gasteiger partial charge in [-0.05, 0) is 40.5 Å². The van der Waals surface area contributed by atoms with Crippen molar-refractivity contribution in [3.05, 3.63) is 106 Å². The van der Waals surface area contributed by atoms with Crippen molar-refractivity contribution in [1.29, 1.82) is 0 Å². The fourth-order valence-corrected chi connectivity index (χ4v) is 5.27. The summed E-state index contributed by atoms with van der Waals surface area (Å²) in [6, 6.07) is 23.1. The number of rotatable bonds is 10. The quantitative estimate of drug-likeness (QED) is 0.135. The van der Waals surface area contributed by atoms with Gasteiger partial charge in [-0.3, -0.25) is 14.9 Å². The van der Waals surface area contributed by atoms with E-state index in [9.17, 15) is 14.9 Å². The molecule has 3 aromatic carbocycles. The smallest absolute Gasteiger partial charge is 0.311 e. The number of ether oxygens (including phenoxy) is 1. The van der Waals surface area contributed by atoms with E-state index in [1.165, 1.54) is 5.56 Å². The van der Waals surface area contributed by atoms with Gasteiger partial charge in [0.05, 0.1) is 11.1 Å². The van der Waals surface area contributed by atoms with Gasteiger partial charge < -0.3 is 9.30 Å². The van der Waals surface area contributed by atoms with Gasteiger partial charge in [-0.15, -0.1) is 0 Å². The second-order valence-electron chi connectivity index (χ2n) is 11.9. The SMILES string of the molecule is CC(C)(C)CC(C)(C)c1ccc(OCC(=O)NN=Cc2cn(Cc3ccccc3)c3ccccc23)c([N+](=O)[O-])c1. The number of hydrogen-bond donors (Lipinski definition) is 1. The van der Waals surface area contributed by atoms with Crippen LogP contribution in [0, 0.1) is 15.5 Å². The van der Waals surface area contributed by atoms with Crippen LogP contribution in [0.5, 0.6) is 5.75 Å². The average molecular weight is 541 g/mol. The molecule has 0 saturated heterocycles. The maximum absolute atomic E-state index is 12.5. The zero-order valence-electron chi connectivity index (χ0n) is 23.7. The van der Waals surface area contributed by atoms with Crippen LogP contribution in [0.1, 0.15) is 57.7 Å². The van der Waals surface area contributed by atoms with E-state index in [0.29, 0.717) is 6.54 Å². The Balaban J connectivity index is 1.42. The molecule has 0 radical (unpaired) electrons. The van der Waals surface area contributed by atoms with E-state index in [0.717, 1.165) is 28.5 Å². The Hall–Kier alpha value is -4.46. The van der Waals surface area contributed by atoms with Gasteiger partial charge in [0.25, 0.3) is 5.91 Å². The number of carbonyl (C=O) groups is 1. The Labute approximate surface area is 234 Å². The van der Waals surface area contributed by atoms with Crippen LogP contribution >= 0.6 is 0 Å². The summed E-state index contributed by atoms with van der Waals surface area (Å²) in [7, 11) is 0. The van der Waals surface area contributed by atoms with Gasteiger partial charge in [0.2, 0.25) is 0 Å². The van der Waals surface area contributed by atoms with Crippen LogP contribution in [-0.2, 0) is 16.8 Å². The molecule has 1 N–H and O–H groups in total. The Morgan fingerprint density at radius 2 is 1.73 bits per heavy atom. The van der Waals surface area contributed by atoms with Crippen molar-refractivity contribution in [1.82, 2.24) is 9.99 Å². The second-order valence-corrected chi connectivity index (χ2v) is 11.9. The van der Waals surface area contributed by atoms with Crippen LogP contribution in [-0.4, -0.2) is 28.2 Å². The van der Waals surface area contributed by atoms with Crippen molar-refractivity contribution < 1.29 is 14.5 Å². The maximum atomic E-state index is 12.5. The van der Waals surface area contributed by atoms with Crippen LogP contribution in [0.2, 0.25) is 0 Å². The highest BCUT2D eigenvalue weighted by Gasteiger charge is 2.30. The minimum atomic E-state index is -0.518. The molecule has 0 unspecified atom stereocenters. The number of nitro groups is 1. The number of amides is 1. The van der Waals surface area contributed by atoms with Gasteiger partial charge in [0.1, 0.15) is 0 Å². The van der Waals surface area contributed by atoms with E-state index in [2.05, 4.69) is 61.8 Å². The number of nitrogens with one attached hydrogen (secondary N) is 1. The summed E-state index contributed by atoms with van der Waals surface area (Å²) in [4.78, 5) is 23.8. The Morgan fingerprint density at radius 3 is 2.42 bits per heavy atom. The lowest BCUT2D eigenvalue weighted by Gasteiger charge is -2.33. The normalized spacial score (nSPS) is 12.1. The van der Waals surface area contributed by atoms with E-state index >= 15 is 0 Å². The van der Waals surface area contributed by atoms with E-state index in [4.69, 9.17) is 4.74 Å². The van der Waals surface area contributed by atoms with E-state index < -0.39 is 17.4 Å². The molecule has 0 spiro atoms. The number of para-hydroxylation sites is 1. The minimum absolute atomic E-state index is 0.0448. The number of nitrogens with zero attached hydrogens (tertiary/aromatic N) is 3. The number of fused-ring (bicyclic) bond motifs is 1. The van der Waals surface area contributed by atoms with Gasteiger partial charge >= 0.3 is 5.69 Å². The molecule has 0 aliphatic carbocycles. The Bertz CT molecular complexity index is 1530. The van der Waals surface area contributed by atoms with Crippen LogP contribution in [0.15, 0.2) is 84.1 Å². The van der Waals surface area contributed by atoms with Crippen molar-refractivity contribution in [3.63, 3.8) is 0 Å². The lowest BCUT2D eigenvalue weighted by atomic mass is 9.72. The molecule has 0 atom stereocenters. The zero-order valence-corrected chi connectivity index (χ0v) is 23.7.